The maximum atomic E-state index is 13.6. The van der Waals surface area contributed by atoms with Crippen LogP contribution in [0.1, 0.15) is 40.9 Å². The Morgan fingerprint density at radius 1 is 0.846 bits per heavy atom. The van der Waals surface area contributed by atoms with E-state index < -0.39 is 0 Å². The van der Waals surface area contributed by atoms with Crippen molar-refractivity contribution >= 4 is 22.6 Å². The van der Waals surface area contributed by atoms with Crippen molar-refractivity contribution in [2.24, 2.45) is 0 Å². The Hall–Kier alpha value is -5.02. The number of anilines is 1. The van der Waals surface area contributed by atoms with Gasteiger partial charge >= 0.3 is 0 Å². The average Bonchev–Trinajstić information content (AvgIpc) is 2.97. The van der Waals surface area contributed by atoms with Crippen LogP contribution in [0.4, 0.5) is 5.82 Å². The number of carbonyl (C=O) groups is 1. The van der Waals surface area contributed by atoms with Gasteiger partial charge in [0.1, 0.15) is 12.1 Å². The third-order valence-electron chi connectivity index (χ3n) is 6.44. The van der Waals surface area contributed by atoms with Gasteiger partial charge in [-0.25, -0.2) is 9.97 Å². The van der Waals surface area contributed by atoms with Gasteiger partial charge in [0.25, 0.3) is 5.91 Å². The molecule has 0 fully saturated rings. The minimum atomic E-state index is -0.117. The largest absolute Gasteiger partial charge is 0.367 e. The zero-order valence-corrected chi connectivity index (χ0v) is 22.0. The van der Waals surface area contributed by atoms with Crippen LogP contribution >= 0.6 is 0 Å². The lowest BCUT2D eigenvalue weighted by molar-refractivity contribution is 0.0730. The lowest BCUT2D eigenvalue weighted by Crippen LogP contribution is -2.30. The SMILES string of the molecule is CC(C)Nc1ncnc2ccc(-c3cccc(CN(Cc4ccccc4)C(=O)c4cccc(C#N)c4)c3)cc12. The molecule has 0 saturated carbocycles. The van der Waals surface area contributed by atoms with Crippen LogP contribution in [0, 0.1) is 11.3 Å². The summed E-state index contributed by atoms with van der Waals surface area (Å²) in [5, 5.41) is 13.7. The molecule has 1 aromatic heterocycles. The molecule has 192 valence electrons. The third-order valence-corrected chi connectivity index (χ3v) is 6.44. The molecule has 6 nitrogen and oxygen atoms in total. The van der Waals surface area contributed by atoms with Gasteiger partial charge in [-0.2, -0.15) is 5.26 Å². The Kier molecular flexibility index (Phi) is 7.60. The standard InChI is InChI=1S/C33H29N5O/c1-23(2)37-32-30-18-28(14-15-31(30)35-22-36-32)27-12-7-11-26(17-27)21-38(20-24-8-4-3-5-9-24)33(39)29-13-6-10-25(16-29)19-34/h3-18,22-23H,20-21H2,1-2H3,(H,35,36,37). The van der Waals surface area contributed by atoms with Crippen molar-refractivity contribution < 1.29 is 4.79 Å². The summed E-state index contributed by atoms with van der Waals surface area (Å²) >= 11 is 0. The van der Waals surface area contributed by atoms with Crippen LogP contribution in [-0.4, -0.2) is 26.8 Å². The molecule has 0 spiro atoms. The summed E-state index contributed by atoms with van der Waals surface area (Å²) in [5.74, 6) is 0.695. The van der Waals surface area contributed by atoms with E-state index >= 15 is 0 Å². The molecule has 0 aliphatic rings. The van der Waals surface area contributed by atoms with Crippen LogP contribution in [-0.2, 0) is 13.1 Å². The quantitative estimate of drug-likeness (QED) is 0.247. The number of hydrogen-bond donors (Lipinski definition) is 1. The van der Waals surface area contributed by atoms with E-state index in [2.05, 4.69) is 59.5 Å². The molecule has 5 rings (SSSR count). The van der Waals surface area contributed by atoms with Crippen molar-refractivity contribution in [2.45, 2.75) is 33.0 Å². The summed E-state index contributed by atoms with van der Waals surface area (Å²) in [6.45, 7) is 5.05. The predicted molar refractivity (Wildman–Crippen MR) is 155 cm³/mol. The van der Waals surface area contributed by atoms with Crippen LogP contribution in [0.25, 0.3) is 22.0 Å². The molecular formula is C33H29N5O. The molecule has 0 aliphatic carbocycles. The van der Waals surface area contributed by atoms with Gasteiger partial charge in [0, 0.05) is 30.1 Å². The van der Waals surface area contributed by atoms with E-state index in [0.717, 1.165) is 39.0 Å². The van der Waals surface area contributed by atoms with Crippen LogP contribution in [0.15, 0.2) is 103 Å². The van der Waals surface area contributed by atoms with Gasteiger partial charge in [0.05, 0.1) is 17.1 Å². The fourth-order valence-corrected chi connectivity index (χ4v) is 4.60. The molecule has 5 aromatic rings. The minimum absolute atomic E-state index is 0.117. The smallest absolute Gasteiger partial charge is 0.254 e. The van der Waals surface area contributed by atoms with E-state index in [-0.39, 0.29) is 11.9 Å². The van der Waals surface area contributed by atoms with Gasteiger partial charge in [-0.15, -0.1) is 0 Å². The maximum Gasteiger partial charge on any atom is 0.254 e. The van der Waals surface area contributed by atoms with Crippen molar-refractivity contribution in [2.75, 3.05) is 5.32 Å². The fourth-order valence-electron chi connectivity index (χ4n) is 4.60. The second-order valence-electron chi connectivity index (χ2n) is 9.79. The van der Waals surface area contributed by atoms with Crippen molar-refractivity contribution in [3.05, 3.63) is 126 Å². The van der Waals surface area contributed by atoms with Crippen LogP contribution in [0.2, 0.25) is 0 Å². The topological polar surface area (TPSA) is 81.9 Å². The molecule has 1 N–H and O–H groups in total. The van der Waals surface area contributed by atoms with E-state index in [4.69, 9.17) is 0 Å². The molecule has 0 unspecified atom stereocenters. The summed E-state index contributed by atoms with van der Waals surface area (Å²) in [6, 6.07) is 33.6. The van der Waals surface area contributed by atoms with E-state index in [0.29, 0.717) is 24.2 Å². The number of aromatic nitrogens is 2. The van der Waals surface area contributed by atoms with Gasteiger partial charge < -0.3 is 10.2 Å². The first-order valence-corrected chi connectivity index (χ1v) is 12.9. The number of nitrogens with zero attached hydrogens (tertiary/aromatic N) is 4. The van der Waals surface area contributed by atoms with Gasteiger partial charge in [0.2, 0.25) is 0 Å². The van der Waals surface area contributed by atoms with Crippen molar-refractivity contribution in [3.8, 4) is 17.2 Å². The highest BCUT2D eigenvalue weighted by atomic mass is 16.2. The molecule has 4 aromatic carbocycles. The number of nitrogens with one attached hydrogen (secondary N) is 1. The molecule has 0 radical (unpaired) electrons. The number of rotatable bonds is 8. The van der Waals surface area contributed by atoms with Gasteiger partial charge in [0.15, 0.2) is 0 Å². The molecule has 1 amide bonds. The number of fused-ring (bicyclic) bond motifs is 1. The van der Waals surface area contributed by atoms with Crippen molar-refractivity contribution in [1.82, 2.24) is 14.9 Å². The number of benzene rings is 4. The summed E-state index contributed by atoms with van der Waals surface area (Å²) in [6.07, 6.45) is 1.58. The molecule has 6 heteroatoms. The summed E-state index contributed by atoms with van der Waals surface area (Å²) in [5.41, 5.74) is 6.00. The molecular weight excluding hydrogens is 482 g/mol. The fraction of sp³-hybridized carbons (Fsp3) is 0.152. The van der Waals surface area contributed by atoms with Crippen LogP contribution in [0.3, 0.4) is 0 Å². The lowest BCUT2D eigenvalue weighted by atomic mass is 10.0. The first kappa shape index (κ1) is 25.6. The molecule has 0 bridgehead atoms. The zero-order chi connectivity index (χ0) is 27.2. The number of hydrogen-bond acceptors (Lipinski definition) is 5. The number of nitriles is 1. The zero-order valence-electron chi connectivity index (χ0n) is 22.0. The summed E-state index contributed by atoms with van der Waals surface area (Å²) in [7, 11) is 0. The summed E-state index contributed by atoms with van der Waals surface area (Å²) in [4.78, 5) is 24.3. The van der Waals surface area contributed by atoms with E-state index in [1.807, 2.05) is 53.4 Å². The van der Waals surface area contributed by atoms with Gasteiger partial charge in [-0.1, -0.05) is 60.7 Å². The number of carbonyl (C=O) groups excluding carboxylic acids is 1. The van der Waals surface area contributed by atoms with Crippen molar-refractivity contribution in [1.29, 1.82) is 5.26 Å². The van der Waals surface area contributed by atoms with Gasteiger partial charge in [-0.05, 0) is 72.5 Å². The molecule has 0 saturated heterocycles. The first-order chi connectivity index (χ1) is 19.0. The second kappa shape index (κ2) is 11.6. The molecule has 0 aliphatic heterocycles. The van der Waals surface area contributed by atoms with Crippen molar-refractivity contribution in [3.63, 3.8) is 0 Å². The maximum absolute atomic E-state index is 13.6. The molecule has 39 heavy (non-hydrogen) atoms. The Labute approximate surface area is 228 Å². The Bertz CT molecular complexity index is 1660. The molecule has 1 heterocycles. The highest BCUT2D eigenvalue weighted by Crippen LogP contribution is 2.28. The second-order valence-corrected chi connectivity index (χ2v) is 9.79. The van der Waals surface area contributed by atoms with Gasteiger partial charge in [-0.3, -0.25) is 4.79 Å². The van der Waals surface area contributed by atoms with E-state index in [9.17, 15) is 10.1 Å². The molecule has 0 atom stereocenters. The Morgan fingerprint density at radius 3 is 2.38 bits per heavy atom. The predicted octanol–water partition coefficient (Wildman–Crippen LogP) is 6.83. The number of amides is 1. The highest BCUT2D eigenvalue weighted by molar-refractivity contribution is 5.95. The minimum Gasteiger partial charge on any atom is -0.367 e. The normalized spacial score (nSPS) is 10.8. The average molecular weight is 512 g/mol. The Balaban J connectivity index is 1.47. The summed E-state index contributed by atoms with van der Waals surface area (Å²) < 4.78 is 0. The van der Waals surface area contributed by atoms with E-state index in [1.54, 1.807) is 30.6 Å². The Morgan fingerprint density at radius 2 is 1.59 bits per heavy atom. The van der Waals surface area contributed by atoms with Crippen LogP contribution in [0.5, 0.6) is 0 Å². The lowest BCUT2D eigenvalue weighted by Gasteiger charge is -2.24. The monoisotopic (exact) mass is 511 g/mol. The first-order valence-electron chi connectivity index (χ1n) is 12.9. The third kappa shape index (κ3) is 6.11. The van der Waals surface area contributed by atoms with Crippen LogP contribution < -0.4 is 5.32 Å². The highest BCUT2D eigenvalue weighted by Gasteiger charge is 2.18. The van der Waals surface area contributed by atoms with E-state index in [1.165, 1.54) is 0 Å².